The van der Waals surface area contributed by atoms with E-state index in [0.29, 0.717) is 0 Å². The standard InChI is InChI=1S/C5H7BrN4.BrH/c6-5-9-8-4-3-7-1-2-10(4)5;/h7H,1-3H2;1H. The van der Waals surface area contributed by atoms with E-state index in [0.717, 1.165) is 30.2 Å². The summed E-state index contributed by atoms with van der Waals surface area (Å²) in [7, 11) is 0. The van der Waals surface area contributed by atoms with Crippen LogP contribution in [0.4, 0.5) is 0 Å². The van der Waals surface area contributed by atoms with Crippen molar-refractivity contribution in [3.8, 4) is 0 Å². The van der Waals surface area contributed by atoms with Crippen LogP contribution in [0.25, 0.3) is 0 Å². The van der Waals surface area contributed by atoms with Gasteiger partial charge in [-0.05, 0) is 15.9 Å². The highest BCUT2D eigenvalue weighted by molar-refractivity contribution is 9.10. The molecule has 1 aromatic rings. The quantitative estimate of drug-likeness (QED) is 0.763. The van der Waals surface area contributed by atoms with Crippen LogP contribution in [0.3, 0.4) is 0 Å². The first-order valence-electron chi connectivity index (χ1n) is 3.16. The van der Waals surface area contributed by atoms with Crippen LogP contribution in [0.5, 0.6) is 0 Å². The first-order chi connectivity index (χ1) is 4.88. The lowest BCUT2D eigenvalue weighted by Crippen LogP contribution is -2.28. The topological polar surface area (TPSA) is 42.7 Å². The van der Waals surface area contributed by atoms with Crippen LogP contribution in [0.2, 0.25) is 0 Å². The highest BCUT2D eigenvalue weighted by Gasteiger charge is 2.12. The lowest BCUT2D eigenvalue weighted by atomic mass is 10.4. The van der Waals surface area contributed by atoms with E-state index in [1.54, 1.807) is 0 Å². The molecule has 1 N–H and O–H groups in total. The van der Waals surface area contributed by atoms with Crippen LogP contribution in [0.15, 0.2) is 4.73 Å². The Morgan fingerprint density at radius 1 is 1.45 bits per heavy atom. The second-order valence-corrected chi connectivity index (χ2v) is 2.92. The van der Waals surface area contributed by atoms with Crippen LogP contribution >= 0.6 is 32.9 Å². The van der Waals surface area contributed by atoms with Crippen molar-refractivity contribution in [3.05, 3.63) is 10.6 Å². The third-order valence-electron chi connectivity index (χ3n) is 1.58. The number of rotatable bonds is 0. The number of aromatic nitrogens is 3. The summed E-state index contributed by atoms with van der Waals surface area (Å²) in [6.45, 7) is 2.80. The lowest BCUT2D eigenvalue weighted by molar-refractivity contribution is 0.500. The number of hydrogen-bond donors (Lipinski definition) is 1. The highest BCUT2D eigenvalue weighted by Crippen LogP contribution is 2.10. The van der Waals surface area contributed by atoms with Crippen molar-refractivity contribution in [3.63, 3.8) is 0 Å². The summed E-state index contributed by atoms with van der Waals surface area (Å²) in [4.78, 5) is 0. The zero-order valence-corrected chi connectivity index (χ0v) is 9.05. The molecule has 0 aromatic carbocycles. The second kappa shape index (κ2) is 3.64. The summed E-state index contributed by atoms with van der Waals surface area (Å²) in [5, 5.41) is 11.1. The molecule has 0 bridgehead atoms. The van der Waals surface area contributed by atoms with Gasteiger partial charge in [0.25, 0.3) is 0 Å². The molecule has 0 spiro atoms. The summed E-state index contributed by atoms with van der Waals surface area (Å²) in [5.41, 5.74) is 0. The van der Waals surface area contributed by atoms with Crippen LogP contribution in [-0.4, -0.2) is 21.3 Å². The van der Waals surface area contributed by atoms with Crippen molar-refractivity contribution in [1.82, 2.24) is 20.1 Å². The molecule has 1 aliphatic heterocycles. The molecule has 2 rings (SSSR count). The van der Waals surface area contributed by atoms with E-state index in [-0.39, 0.29) is 17.0 Å². The SMILES string of the molecule is Br.Brc1nnc2n1CCNC2. The molecule has 1 aliphatic rings. The molecule has 11 heavy (non-hydrogen) atoms. The summed E-state index contributed by atoms with van der Waals surface area (Å²) in [6, 6.07) is 0. The average molecular weight is 284 g/mol. The van der Waals surface area contributed by atoms with Gasteiger partial charge >= 0.3 is 0 Å². The minimum Gasteiger partial charge on any atom is -0.308 e. The molecule has 0 unspecified atom stereocenters. The third-order valence-corrected chi connectivity index (χ3v) is 2.16. The molecule has 0 amide bonds. The van der Waals surface area contributed by atoms with Crippen molar-refractivity contribution in [2.24, 2.45) is 0 Å². The second-order valence-electron chi connectivity index (χ2n) is 2.21. The molecule has 0 saturated heterocycles. The fourth-order valence-electron chi connectivity index (χ4n) is 1.06. The molecular formula is C5H8Br2N4. The Bertz CT molecular complexity index is 247. The van der Waals surface area contributed by atoms with Gasteiger partial charge in [0.2, 0.25) is 0 Å². The Kier molecular flexibility index (Phi) is 3.03. The van der Waals surface area contributed by atoms with Crippen LogP contribution in [0.1, 0.15) is 5.82 Å². The van der Waals surface area contributed by atoms with Gasteiger partial charge in [-0.3, -0.25) is 0 Å². The maximum absolute atomic E-state index is 3.96. The maximum atomic E-state index is 3.96. The predicted molar refractivity (Wildman–Crippen MR) is 49.8 cm³/mol. The number of nitrogens with zero attached hydrogens (tertiary/aromatic N) is 3. The summed E-state index contributed by atoms with van der Waals surface area (Å²) < 4.78 is 2.90. The van der Waals surface area contributed by atoms with E-state index in [1.807, 2.05) is 0 Å². The third kappa shape index (κ3) is 1.62. The number of hydrogen-bond acceptors (Lipinski definition) is 3. The van der Waals surface area contributed by atoms with E-state index in [2.05, 4.69) is 36.0 Å². The zero-order valence-electron chi connectivity index (χ0n) is 5.75. The van der Waals surface area contributed by atoms with Gasteiger partial charge in [0, 0.05) is 13.1 Å². The predicted octanol–water partition coefficient (Wildman–Crippen LogP) is 0.722. The van der Waals surface area contributed by atoms with Gasteiger partial charge in [0.05, 0.1) is 6.54 Å². The lowest BCUT2D eigenvalue weighted by Gasteiger charge is -2.13. The van der Waals surface area contributed by atoms with Gasteiger partial charge in [0.1, 0.15) is 5.82 Å². The van der Waals surface area contributed by atoms with Crippen molar-refractivity contribution in [2.45, 2.75) is 13.1 Å². The number of halogens is 2. The highest BCUT2D eigenvalue weighted by atomic mass is 79.9. The number of nitrogens with one attached hydrogen (secondary N) is 1. The van der Waals surface area contributed by atoms with Crippen LogP contribution in [0, 0.1) is 0 Å². The molecule has 6 heteroatoms. The normalized spacial score (nSPS) is 15.4. The van der Waals surface area contributed by atoms with Crippen molar-refractivity contribution < 1.29 is 0 Å². The van der Waals surface area contributed by atoms with Gasteiger partial charge < -0.3 is 9.88 Å². The van der Waals surface area contributed by atoms with Gasteiger partial charge in [-0.15, -0.1) is 27.2 Å². The van der Waals surface area contributed by atoms with E-state index in [4.69, 9.17) is 0 Å². The van der Waals surface area contributed by atoms with E-state index in [9.17, 15) is 0 Å². The molecule has 0 fully saturated rings. The van der Waals surface area contributed by atoms with Crippen molar-refractivity contribution in [1.29, 1.82) is 0 Å². The van der Waals surface area contributed by atoms with Gasteiger partial charge in [-0.25, -0.2) is 0 Å². The Morgan fingerprint density at radius 3 is 3.00 bits per heavy atom. The van der Waals surface area contributed by atoms with Crippen LogP contribution in [-0.2, 0) is 13.1 Å². The average Bonchev–Trinajstić information content (AvgIpc) is 2.34. The molecular weight excluding hydrogens is 276 g/mol. The molecule has 62 valence electrons. The van der Waals surface area contributed by atoms with Crippen molar-refractivity contribution in [2.75, 3.05) is 6.54 Å². The summed E-state index contributed by atoms with van der Waals surface area (Å²) in [5.74, 6) is 1.01. The van der Waals surface area contributed by atoms with E-state index >= 15 is 0 Å². The first-order valence-corrected chi connectivity index (χ1v) is 3.95. The maximum Gasteiger partial charge on any atom is 0.200 e. The molecule has 0 radical (unpaired) electrons. The van der Waals surface area contributed by atoms with Gasteiger partial charge in [0.15, 0.2) is 4.73 Å². The molecule has 0 saturated carbocycles. The zero-order chi connectivity index (χ0) is 6.97. The van der Waals surface area contributed by atoms with Gasteiger partial charge in [-0.2, -0.15) is 0 Å². The summed E-state index contributed by atoms with van der Waals surface area (Å²) >= 11 is 3.31. The number of fused-ring (bicyclic) bond motifs is 1. The monoisotopic (exact) mass is 282 g/mol. The van der Waals surface area contributed by atoms with Crippen LogP contribution < -0.4 is 5.32 Å². The Labute approximate surface area is 83.3 Å². The first kappa shape index (κ1) is 9.15. The minimum atomic E-state index is 0. The fraction of sp³-hybridized carbons (Fsp3) is 0.600. The smallest absolute Gasteiger partial charge is 0.200 e. The summed E-state index contributed by atoms with van der Waals surface area (Å²) in [6.07, 6.45) is 0. The molecule has 0 atom stereocenters. The Balaban J connectivity index is 0.000000605. The van der Waals surface area contributed by atoms with Crippen molar-refractivity contribution >= 4 is 32.9 Å². The van der Waals surface area contributed by atoms with Gasteiger partial charge in [-0.1, -0.05) is 0 Å². The molecule has 4 nitrogen and oxygen atoms in total. The molecule has 0 aliphatic carbocycles. The van der Waals surface area contributed by atoms with E-state index < -0.39 is 0 Å². The fourth-order valence-corrected chi connectivity index (χ4v) is 1.52. The Hall–Kier alpha value is 0.0600. The van der Waals surface area contributed by atoms with E-state index in [1.165, 1.54) is 0 Å². The molecule has 1 aromatic heterocycles. The molecule has 2 heterocycles. The largest absolute Gasteiger partial charge is 0.308 e. The minimum absolute atomic E-state index is 0. The Morgan fingerprint density at radius 2 is 2.27 bits per heavy atom.